The number of para-hydroxylation sites is 2. The summed E-state index contributed by atoms with van der Waals surface area (Å²) in [6.45, 7) is 8.14. The molecule has 6 aromatic rings. The van der Waals surface area contributed by atoms with Gasteiger partial charge in [0.15, 0.2) is 11.3 Å². The Kier molecular flexibility index (Phi) is 4.39. The smallest absolute Gasteiger partial charge is 0.269 e. The molecule has 0 aliphatic carbocycles. The first-order valence-corrected chi connectivity index (χ1v) is 11.3. The van der Waals surface area contributed by atoms with Crippen LogP contribution in [0.3, 0.4) is 0 Å². The molecule has 34 heavy (non-hydrogen) atoms. The third-order valence-corrected chi connectivity index (χ3v) is 6.25. The number of aromatic nitrogens is 5. The largest absolute Gasteiger partial charge is 0.276 e. The summed E-state index contributed by atoms with van der Waals surface area (Å²) >= 11 is 0. The van der Waals surface area contributed by atoms with Gasteiger partial charge >= 0.3 is 0 Å². The van der Waals surface area contributed by atoms with Crippen LogP contribution < -0.4 is 5.56 Å². The Balaban J connectivity index is 1.80. The first-order chi connectivity index (χ1) is 16.4. The molecule has 6 nitrogen and oxygen atoms in total. The number of rotatable bonds is 2. The van der Waals surface area contributed by atoms with Crippen LogP contribution in [0, 0.1) is 27.7 Å². The first-order valence-electron chi connectivity index (χ1n) is 11.3. The monoisotopic (exact) mass is 445 g/mol. The molecule has 0 aliphatic rings. The zero-order chi connectivity index (χ0) is 23.6. The average Bonchev–Trinajstić information content (AvgIpc) is 3.13. The van der Waals surface area contributed by atoms with Crippen molar-refractivity contribution in [1.82, 2.24) is 24.1 Å². The van der Waals surface area contributed by atoms with Crippen molar-refractivity contribution < 1.29 is 0 Å². The number of hydrogen-bond donors (Lipinski definition) is 0. The van der Waals surface area contributed by atoms with E-state index in [1.807, 2.05) is 60.9 Å². The van der Waals surface area contributed by atoms with E-state index in [4.69, 9.17) is 15.0 Å². The molecule has 0 atom stereocenters. The zero-order valence-electron chi connectivity index (χ0n) is 19.5. The summed E-state index contributed by atoms with van der Waals surface area (Å²) in [7, 11) is 0. The highest BCUT2D eigenvalue weighted by atomic mass is 16.1. The highest BCUT2D eigenvalue weighted by Gasteiger charge is 2.22. The second kappa shape index (κ2) is 7.35. The third kappa shape index (κ3) is 3.03. The van der Waals surface area contributed by atoms with Crippen LogP contribution >= 0.6 is 0 Å². The van der Waals surface area contributed by atoms with E-state index in [-0.39, 0.29) is 5.56 Å². The van der Waals surface area contributed by atoms with Crippen LogP contribution in [0.2, 0.25) is 0 Å². The number of fused-ring (bicyclic) bond motifs is 4. The second-order valence-electron chi connectivity index (χ2n) is 8.97. The molecule has 3 heterocycles. The number of nitrogens with zero attached hydrogens (tertiary/aromatic N) is 5. The molecular formula is C28H23N5O. The Hall–Kier alpha value is -4.32. The summed E-state index contributed by atoms with van der Waals surface area (Å²) < 4.78 is 3.58. The van der Waals surface area contributed by atoms with Crippen molar-refractivity contribution in [2.45, 2.75) is 27.7 Å². The van der Waals surface area contributed by atoms with E-state index in [2.05, 4.69) is 32.0 Å². The minimum Gasteiger partial charge on any atom is -0.276 e. The van der Waals surface area contributed by atoms with Gasteiger partial charge in [0.05, 0.1) is 16.7 Å². The highest BCUT2D eigenvalue weighted by molar-refractivity contribution is 6.05. The summed E-state index contributed by atoms with van der Waals surface area (Å²) in [5, 5.41) is 0.468. The van der Waals surface area contributed by atoms with Crippen LogP contribution in [-0.4, -0.2) is 24.1 Å². The van der Waals surface area contributed by atoms with Crippen molar-refractivity contribution >= 4 is 33.2 Å². The van der Waals surface area contributed by atoms with E-state index in [9.17, 15) is 4.79 Å². The van der Waals surface area contributed by atoms with Crippen molar-refractivity contribution in [1.29, 1.82) is 0 Å². The lowest BCUT2D eigenvalue weighted by Crippen LogP contribution is -2.20. The van der Waals surface area contributed by atoms with Gasteiger partial charge in [-0.15, -0.1) is 0 Å². The molecule has 0 saturated heterocycles. The molecule has 0 radical (unpaired) electrons. The van der Waals surface area contributed by atoms with Gasteiger partial charge in [-0.1, -0.05) is 30.3 Å². The Morgan fingerprint density at radius 2 is 1.44 bits per heavy atom. The highest BCUT2D eigenvalue weighted by Crippen LogP contribution is 2.29. The molecule has 0 saturated carbocycles. The van der Waals surface area contributed by atoms with Gasteiger partial charge in [0.25, 0.3) is 5.56 Å². The van der Waals surface area contributed by atoms with Crippen LogP contribution in [0.15, 0.2) is 71.8 Å². The van der Waals surface area contributed by atoms with Crippen LogP contribution in [0.5, 0.6) is 0 Å². The van der Waals surface area contributed by atoms with Crippen LogP contribution in [0.25, 0.3) is 44.6 Å². The Labute approximate surface area is 196 Å². The lowest BCUT2D eigenvalue weighted by Gasteiger charge is -2.11. The van der Waals surface area contributed by atoms with Gasteiger partial charge in [-0.3, -0.25) is 13.9 Å². The molecule has 0 fully saturated rings. The maximum atomic E-state index is 14.0. The minimum absolute atomic E-state index is 0.156. The van der Waals surface area contributed by atoms with Crippen LogP contribution in [-0.2, 0) is 0 Å². The fourth-order valence-corrected chi connectivity index (χ4v) is 4.71. The fraction of sp³-hybridized carbons (Fsp3) is 0.143. The van der Waals surface area contributed by atoms with Crippen LogP contribution in [0.4, 0.5) is 0 Å². The van der Waals surface area contributed by atoms with Crippen molar-refractivity contribution in [3.05, 3.63) is 99.6 Å². The normalized spacial score (nSPS) is 11.6. The SMILES string of the molecule is Cc1cc(C)cc(-n2c3nc4ccccc4nc3c3c(=O)n(-c4cc(C)ccc4C)cnc32)c1. The third-order valence-electron chi connectivity index (χ3n) is 6.25. The summed E-state index contributed by atoms with van der Waals surface area (Å²) in [6.07, 6.45) is 1.62. The second-order valence-corrected chi connectivity index (χ2v) is 8.97. The average molecular weight is 446 g/mol. The minimum atomic E-state index is -0.156. The van der Waals surface area contributed by atoms with Crippen molar-refractivity contribution in [2.75, 3.05) is 0 Å². The molecule has 0 aliphatic heterocycles. The van der Waals surface area contributed by atoms with E-state index in [0.717, 1.165) is 44.7 Å². The van der Waals surface area contributed by atoms with Gasteiger partial charge in [0.2, 0.25) is 0 Å². The van der Waals surface area contributed by atoms with Gasteiger partial charge in [-0.2, -0.15) is 0 Å². The molecule has 3 aromatic heterocycles. The van der Waals surface area contributed by atoms with E-state index in [1.165, 1.54) is 0 Å². The van der Waals surface area contributed by atoms with Crippen molar-refractivity contribution in [2.24, 2.45) is 0 Å². The molecule has 3 aromatic carbocycles. The van der Waals surface area contributed by atoms with Crippen LogP contribution in [0.1, 0.15) is 22.3 Å². The molecule has 0 spiro atoms. The quantitative estimate of drug-likeness (QED) is 0.353. The maximum Gasteiger partial charge on any atom is 0.269 e. The standard InChI is InChI=1S/C28H23N5O/c1-16-9-10-19(4)23(14-16)32-15-29-26-24(28(32)34)25-27(31-22-8-6-5-7-21(22)30-25)33(26)20-12-17(2)11-18(3)13-20/h5-15H,1-4H3. The molecule has 0 amide bonds. The Bertz CT molecular complexity index is 1810. The number of benzene rings is 3. The van der Waals surface area contributed by atoms with Crippen molar-refractivity contribution in [3.63, 3.8) is 0 Å². The number of aryl methyl sites for hydroxylation is 4. The van der Waals surface area contributed by atoms with Gasteiger partial charge in [0.1, 0.15) is 17.2 Å². The van der Waals surface area contributed by atoms with E-state index < -0.39 is 0 Å². The van der Waals surface area contributed by atoms with Gasteiger partial charge in [0, 0.05) is 5.69 Å². The fourth-order valence-electron chi connectivity index (χ4n) is 4.71. The summed E-state index contributed by atoms with van der Waals surface area (Å²) in [6, 6.07) is 20.1. The van der Waals surface area contributed by atoms with Gasteiger partial charge < -0.3 is 0 Å². The van der Waals surface area contributed by atoms with E-state index in [1.54, 1.807) is 10.9 Å². The lowest BCUT2D eigenvalue weighted by molar-refractivity contribution is 0.940. The molecule has 0 unspecified atom stereocenters. The van der Waals surface area contributed by atoms with Gasteiger partial charge in [-0.25, -0.2) is 15.0 Å². The zero-order valence-corrected chi connectivity index (χ0v) is 19.5. The molecular weight excluding hydrogens is 422 g/mol. The predicted octanol–water partition coefficient (Wildman–Crippen LogP) is 5.51. The first kappa shape index (κ1) is 20.3. The summed E-state index contributed by atoms with van der Waals surface area (Å²) in [4.78, 5) is 28.6. The lowest BCUT2D eigenvalue weighted by atomic mass is 10.1. The molecule has 6 heteroatoms. The molecule has 0 bridgehead atoms. The van der Waals surface area contributed by atoms with E-state index in [0.29, 0.717) is 22.2 Å². The summed E-state index contributed by atoms with van der Waals surface area (Å²) in [5.74, 6) is 0. The topological polar surface area (TPSA) is 65.6 Å². The van der Waals surface area contributed by atoms with Gasteiger partial charge in [-0.05, 0) is 80.3 Å². The number of hydrogen-bond acceptors (Lipinski definition) is 4. The predicted molar refractivity (Wildman–Crippen MR) is 136 cm³/mol. The van der Waals surface area contributed by atoms with Crippen molar-refractivity contribution in [3.8, 4) is 11.4 Å². The Morgan fingerprint density at radius 3 is 2.18 bits per heavy atom. The molecule has 166 valence electrons. The molecule has 0 N–H and O–H groups in total. The maximum absolute atomic E-state index is 14.0. The summed E-state index contributed by atoms with van der Waals surface area (Å²) in [5.41, 5.74) is 9.18. The molecule has 6 rings (SSSR count). The van der Waals surface area contributed by atoms with E-state index >= 15 is 0 Å². The Morgan fingerprint density at radius 1 is 0.735 bits per heavy atom.